The zero-order valence-corrected chi connectivity index (χ0v) is 16.6. The first kappa shape index (κ1) is 21.9. The Labute approximate surface area is 163 Å². The molecule has 0 saturated carbocycles. The van der Waals surface area contributed by atoms with Gasteiger partial charge in [-0.15, -0.1) is 12.4 Å². The van der Waals surface area contributed by atoms with Gasteiger partial charge < -0.3 is 20.9 Å². The molecule has 0 bridgehead atoms. The molecule has 0 unspecified atom stereocenters. The summed E-state index contributed by atoms with van der Waals surface area (Å²) in [5.74, 6) is -0.180. The van der Waals surface area contributed by atoms with Crippen LogP contribution in [0, 0.1) is 0 Å². The van der Waals surface area contributed by atoms with E-state index in [4.69, 9.17) is 0 Å². The molecule has 0 spiro atoms. The van der Waals surface area contributed by atoms with Crippen molar-refractivity contribution in [2.24, 2.45) is 0 Å². The molecule has 1 aliphatic heterocycles. The van der Waals surface area contributed by atoms with E-state index in [0.717, 1.165) is 43.6 Å². The van der Waals surface area contributed by atoms with Crippen molar-refractivity contribution < 1.29 is 9.59 Å². The average Bonchev–Trinajstić information content (AvgIpc) is 2.60. The Morgan fingerprint density at radius 2 is 1.76 bits per heavy atom. The molecule has 0 aromatic heterocycles. The van der Waals surface area contributed by atoms with Crippen molar-refractivity contribution in [3.63, 3.8) is 0 Å². The van der Waals surface area contributed by atoms with Gasteiger partial charge in [0.1, 0.15) is 0 Å². The molecule has 0 radical (unpaired) electrons. The van der Waals surface area contributed by atoms with Crippen molar-refractivity contribution in [2.45, 2.75) is 12.8 Å². The smallest absolute Gasteiger partial charge is 0.251 e. The maximum atomic E-state index is 11.9. The van der Waals surface area contributed by atoms with E-state index in [2.05, 4.69) is 36.8 Å². The normalized spacial score (nSPS) is 14.4. The first-order valence-electron chi connectivity index (χ1n) is 8.39. The fourth-order valence-electron chi connectivity index (χ4n) is 2.55. The van der Waals surface area contributed by atoms with Crippen molar-refractivity contribution >= 4 is 40.2 Å². The Kier molecular flexibility index (Phi) is 10.7. The highest BCUT2D eigenvalue weighted by Crippen LogP contribution is 2.10. The first-order valence-corrected chi connectivity index (χ1v) is 9.18. The SMILES string of the molecule is Cl.O=C(CCNC(=O)c1ccc(Br)cc1)NCCCN1CCNCC1. The summed E-state index contributed by atoms with van der Waals surface area (Å²) in [5, 5.41) is 8.99. The molecule has 1 aliphatic rings. The van der Waals surface area contributed by atoms with Gasteiger partial charge in [0.2, 0.25) is 5.91 Å². The van der Waals surface area contributed by atoms with Gasteiger partial charge in [0.15, 0.2) is 0 Å². The molecule has 3 N–H and O–H groups in total. The second-order valence-corrected chi connectivity index (χ2v) is 6.72. The van der Waals surface area contributed by atoms with Crippen molar-refractivity contribution in [2.75, 3.05) is 45.8 Å². The largest absolute Gasteiger partial charge is 0.356 e. The molecule has 1 saturated heterocycles. The van der Waals surface area contributed by atoms with Crippen LogP contribution in [-0.2, 0) is 4.79 Å². The molecule has 25 heavy (non-hydrogen) atoms. The van der Waals surface area contributed by atoms with Gasteiger partial charge in [-0.25, -0.2) is 0 Å². The molecule has 0 atom stereocenters. The van der Waals surface area contributed by atoms with Crippen LogP contribution in [0.15, 0.2) is 28.7 Å². The average molecular weight is 434 g/mol. The minimum absolute atomic E-state index is 0. The lowest BCUT2D eigenvalue weighted by Gasteiger charge is -2.27. The van der Waals surface area contributed by atoms with Gasteiger partial charge in [-0.3, -0.25) is 9.59 Å². The standard InChI is InChI=1S/C17H25BrN4O2.ClH/c18-15-4-2-14(3-5-15)17(24)21-8-6-16(23)20-7-1-11-22-12-9-19-10-13-22;/h2-5,19H,1,6-13H2,(H,20,23)(H,21,24);1H. The van der Waals surface area contributed by atoms with Gasteiger partial charge in [-0.1, -0.05) is 15.9 Å². The van der Waals surface area contributed by atoms with E-state index in [1.807, 2.05) is 12.1 Å². The first-order chi connectivity index (χ1) is 11.6. The van der Waals surface area contributed by atoms with Crippen LogP contribution in [0.2, 0.25) is 0 Å². The Bertz CT molecular complexity index is 536. The van der Waals surface area contributed by atoms with E-state index < -0.39 is 0 Å². The highest BCUT2D eigenvalue weighted by atomic mass is 79.9. The summed E-state index contributed by atoms with van der Waals surface area (Å²) in [4.78, 5) is 26.1. The maximum absolute atomic E-state index is 11.9. The third-order valence-corrected chi connectivity index (χ3v) is 4.46. The van der Waals surface area contributed by atoms with Gasteiger partial charge in [-0.2, -0.15) is 0 Å². The number of halogens is 2. The number of hydrogen-bond acceptors (Lipinski definition) is 4. The number of amides is 2. The number of rotatable bonds is 8. The number of nitrogens with one attached hydrogen (secondary N) is 3. The molecular weight excluding hydrogens is 408 g/mol. The third kappa shape index (κ3) is 8.67. The second kappa shape index (κ2) is 12.2. The summed E-state index contributed by atoms with van der Waals surface area (Å²) in [6.07, 6.45) is 1.26. The van der Waals surface area contributed by atoms with Gasteiger partial charge in [0.25, 0.3) is 5.91 Å². The molecule has 1 fully saturated rings. The summed E-state index contributed by atoms with van der Waals surface area (Å²) in [7, 11) is 0. The topological polar surface area (TPSA) is 73.5 Å². The predicted octanol–water partition coefficient (Wildman–Crippen LogP) is 1.40. The summed E-state index contributed by atoms with van der Waals surface area (Å²) in [5.41, 5.74) is 0.592. The van der Waals surface area contributed by atoms with Crippen LogP contribution in [0.25, 0.3) is 0 Å². The minimum Gasteiger partial charge on any atom is -0.356 e. The van der Waals surface area contributed by atoms with E-state index in [1.54, 1.807) is 12.1 Å². The van der Waals surface area contributed by atoms with Crippen molar-refractivity contribution in [1.29, 1.82) is 0 Å². The lowest BCUT2D eigenvalue weighted by Crippen LogP contribution is -2.44. The molecule has 2 amide bonds. The maximum Gasteiger partial charge on any atom is 0.251 e. The van der Waals surface area contributed by atoms with Crippen LogP contribution in [0.4, 0.5) is 0 Å². The van der Waals surface area contributed by atoms with E-state index in [1.165, 1.54) is 0 Å². The van der Waals surface area contributed by atoms with Crippen LogP contribution in [0.1, 0.15) is 23.2 Å². The Morgan fingerprint density at radius 1 is 1.08 bits per heavy atom. The lowest BCUT2D eigenvalue weighted by atomic mass is 10.2. The summed E-state index contributed by atoms with van der Waals surface area (Å²) >= 11 is 3.33. The van der Waals surface area contributed by atoms with E-state index in [9.17, 15) is 9.59 Å². The third-order valence-electron chi connectivity index (χ3n) is 3.93. The Hall–Kier alpha value is -1.15. The van der Waals surface area contributed by atoms with Crippen LogP contribution in [0.3, 0.4) is 0 Å². The zero-order valence-electron chi connectivity index (χ0n) is 14.2. The Morgan fingerprint density at radius 3 is 2.44 bits per heavy atom. The summed E-state index contributed by atoms with van der Waals surface area (Å²) < 4.78 is 0.930. The zero-order chi connectivity index (χ0) is 17.2. The van der Waals surface area contributed by atoms with Crippen molar-refractivity contribution in [3.05, 3.63) is 34.3 Å². The van der Waals surface area contributed by atoms with Gasteiger partial charge in [0, 0.05) is 55.7 Å². The predicted molar refractivity (Wildman–Crippen MR) is 105 cm³/mol. The van der Waals surface area contributed by atoms with Crippen LogP contribution >= 0.6 is 28.3 Å². The molecule has 140 valence electrons. The molecule has 1 aromatic rings. The lowest BCUT2D eigenvalue weighted by molar-refractivity contribution is -0.120. The number of carbonyl (C=O) groups is 2. The van der Waals surface area contributed by atoms with E-state index in [-0.39, 0.29) is 24.2 Å². The number of piperazine rings is 1. The molecule has 1 heterocycles. The molecule has 1 aromatic carbocycles. The monoisotopic (exact) mass is 432 g/mol. The highest BCUT2D eigenvalue weighted by molar-refractivity contribution is 9.10. The van der Waals surface area contributed by atoms with Crippen LogP contribution in [-0.4, -0.2) is 62.5 Å². The van der Waals surface area contributed by atoms with Crippen molar-refractivity contribution in [3.8, 4) is 0 Å². The van der Waals surface area contributed by atoms with Crippen LogP contribution < -0.4 is 16.0 Å². The molecule has 2 rings (SSSR count). The summed E-state index contributed by atoms with van der Waals surface area (Å²) in [6.45, 7) is 6.30. The molecule has 8 heteroatoms. The number of nitrogens with zero attached hydrogens (tertiary/aromatic N) is 1. The number of hydrogen-bond donors (Lipinski definition) is 3. The highest BCUT2D eigenvalue weighted by Gasteiger charge is 2.09. The number of carbonyl (C=O) groups excluding carboxylic acids is 2. The van der Waals surface area contributed by atoms with Gasteiger partial charge in [-0.05, 0) is 37.2 Å². The van der Waals surface area contributed by atoms with Gasteiger partial charge >= 0.3 is 0 Å². The minimum atomic E-state index is -0.158. The molecule has 0 aliphatic carbocycles. The fourth-order valence-corrected chi connectivity index (χ4v) is 2.81. The molecular formula is C17H26BrClN4O2. The second-order valence-electron chi connectivity index (χ2n) is 5.81. The van der Waals surface area contributed by atoms with Gasteiger partial charge in [0.05, 0.1) is 0 Å². The summed E-state index contributed by atoms with van der Waals surface area (Å²) in [6, 6.07) is 7.13. The van der Waals surface area contributed by atoms with Crippen LogP contribution in [0.5, 0.6) is 0 Å². The van der Waals surface area contributed by atoms with Crippen molar-refractivity contribution in [1.82, 2.24) is 20.9 Å². The quantitative estimate of drug-likeness (QED) is 0.542. The Balaban J connectivity index is 0.00000312. The fraction of sp³-hybridized carbons (Fsp3) is 0.529. The van der Waals surface area contributed by atoms with E-state index >= 15 is 0 Å². The molecule has 6 nitrogen and oxygen atoms in total. The number of benzene rings is 1. The van der Waals surface area contributed by atoms with E-state index in [0.29, 0.717) is 25.1 Å².